The molecule has 0 aliphatic rings. The van der Waals surface area contributed by atoms with Crippen molar-refractivity contribution in [3.8, 4) is 11.1 Å². The molecule has 9 heteroatoms. The van der Waals surface area contributed by atoms with Crippen LogP contribution < -0.4 is 10.5 Å². The molecule has 0 aliphatic heterocycles. The highest BCUT2D eigenvalue weighted by molar-refractivity contribution is 5.89. The SMILES string of the molecule is CN(C(=O)O)c1nc2cc(-c3cccc(Cc4n[nH]c(=O)c5ccccc45)c3F)ccc2[nH]1. The van der Waals surface area contributed by atoms with Gasteiger partial charge in [0.25, 0.3) is 5.56 Å². The number of aromatic amines is 2. The summed E-state index contributed by atoms with van der Waals surface area (Å²) in [6.45, 7) is 0. The van der Waals surface area contributed by atoms with E-state index in [4.69, 9.17) is 5.11 Å². The van der Waals surface area contributed by atoms with Crippen molar-refractivity contribution in [1.29, 1.82) is 0 Å². The highest BCUT2D eigenvalue weighted by Crippen LogP contribution is 2.29. The minimum Gasteiger partial charge on any atom is -0.465 e. The summed E-state index contributed by atoms with van der Waals surface area (Å²) in [5.74, 6) is -0.216. The molecule has 0 fully saturated rings. The lowest BCUT2D eigenvalue weighted by atomic mass is 9.98. The predicted octanol–water partition coefficient (Wildman–Crippen LogP) is 4.31. The van der Waals surface area contributed by atoms with Crippen molar-refractivity contribution in [1.82, 2.24) is 20.2 Å². The molecule has 164 valence electrons. The Morgan fingerprint density at radius 2 is 1.88 bits per heavy atom. The van der Waals surface area contributed by atoms with Crippen LogP contribution in [-0.2, 0) is 6.42 Å². The molecule has 3 aromatic carbocycles. The van der Waals surface area contributed by atoms with Gasteiger partial charge in [-0.25, -0.2) is 19.3 Å². The highest BCUT2D eigenvalue weighted by Gasteiger charge is 2.16. The Kier molecular flexibility index (Phi) is 4.86. The van der Waals surface area contributed by atoms with Gasteiger partial charge in [0.2, 0.25) is 5.95 Å². The van der Waals surface area contributed by atoms with E-state index in [1.54, 1.807) is 54.6 Å². The number of fused-ring (bicyclic) bond motifs is 2. The summed E-state index contributed by atoms with van der Waals surface area (Å²) in [5, 5.41) is 17.0. The van der Waals surface area contributed by atoms with Gasteiger partial charge in [-0.05, 0) is 29.3 Å². The Morgan fingerprint density at radius 1 is 1.09 bits per heavy atom. The number of hydrogen-bond acceptors (Lipinski definition) is 4. The van der Waals surface area contributed by atoms with Crippen molar-refractivity contribution >= 4 is 33.8 Å². The van der Waals surface area contributed by atoms with Gasteiger partial charge in [0.1, 0.15) is 5.82 Å². The molecule has 33 heavy (non-hydrogen) atoms. The zero-order chi connectivity index (χ0) is 23.1. The first kappa shape index (κ1) is 20.4. The molecule has 1 amide bonds. The lowest BCUT2D eigenvalue weighted by Crippen LogP contribution is -2.24. The molecule has 2 heterocycles. The Hall–Kier alpha value is -4.53. The molecule has 2 aromatic heterocycles. The summed E-state index contributed by atoms with van der Waals surface area (Å²) in [6, 6.07) is 17.4. The minimum absolute atomic E-state index is 0.180. The number of halogens is 1. The van der Waals surface area contributed by atoms with Crippen molar-refractivity contribution in [2.45, 2.75) is 6.42 Å². The van der Waals surface area contributed by atoms with Gasteiger partial charge in [0, 0.05) is 24.4 Å². The topological polar surface area (TPSA) is 115 Å². The number of rotatable bonds is 4. The van der Waals surface area contributed by atoms with Gasteiger partial charge in [0.15, 0.2) is 0 Å². The molecular weight excluding hydrogens is 425 g/mol. The number of nitrogens with one attached hydrogen (secondary N) is 2. The molecule has 0 saturated heterocycles. The second-order valence-corrected chi connectivity index (χ2v) is 7.63. The number of carboxylic acid groups (broad SMARTS) is 1. The first-order chi connectivity index (χ1) is 15.9. The lowest BCUT2D eigenvalue weighted by molar-refractivity contribution is 0.203. The molecule has 0 atom stereocenters. The summed E-state index contributed by atoms with van der Waals surface area (Å²) in [4.78, 5) is 31.4. The fraction of sp³-hybridized carbons (Fsp3) is 0.0833. The standard InChI is InChI=1S/C24H18FN5O3/c1-30(24(32)33)23-26-18-10-9-13(11-20(18)27-23)15-8-4-5-14(21(15)25)12-19-16-6-2-3-7-17(16)22(31)29-28-19/h2-11H,12H2,1H3,(H,26,27)(H,29,31)(H,32,33). The third-order valence-electron chi connectivity index (χ3n) is 5.60. The van der Waals surface area contributed by atoms with Crippen LogP contribution in [0.5, 0.6) is 0 Å². The number of hydrogen-bond donors (Lipinski definition) is 3. The first-order valence-electron chi connectivity index (χ1n) is 10.1. The van der Waals surface area contributed by atoms with Crippen molar-refractivity contribution in [2.24, 2.45) is 0 Å². The summed E-state index contributed by atoms with van der Waals surface area (Å²) < 4.78 is 15.5. The Labute approximate surface area is 186 Å². The van der Waals surface area contributed by atoms with Crippen molar-refractivity contribution in [3.63, 3.8) is 0 Å². The quantitative estimate of drug-likeness (QED) is 0.383. The zero-order valence-corrected chi connectivity index (χ0v) is 17.5. The maximum atomic E-state index is 15.5. The van der Waals surface area contributed by atoms with Crippen molar-refractivity contribution in [2.75, 3.05) is 11.9 Å². The third kappa shape index (κ3) is 3.59. The number of benzene rings is 3. The molecule has 5 aromatic rings. The summed E-state index contributed by atoms with van der Waals surface area (Å²) >= 11 is 0. The predicted molar refractivity (Wildman–Crippen MR) is 123 cm³/mol. The second kappa shape index (κ2) is 7.86. The molecular formula is C24H18FN5O3. The van der Waals surface area contributed by atoms with Gasteiger partial charge in [0.05, 0.1) is 22.1 Å². The van der Waals surface area contributed by atoms with E-state index in [1.165, 1.54) is 7.05 Å². The van der Waals surface area contributed by atoms with Gasteiger partial charge in [-0.1, -0.05) is 42.5 Å². The van der Waals surface area contributed by atoms with E-state index in [9.17, 15) is 9.59 Å². The number of carbonyl (C=O) groups is 1. The van der Waals surface area contributed by atoms with E-state index in [-0.39, 0.29) is 17.9 Å². The Morgan fingerprint density at radius 3 is 2.67 bits per heavy atom. The van der Waals surface area contributed by atoms with Crippen LogP contribution in [0.4, 0.5) is 15.1 Å². The molecule has 3 N–H and O–H groups in total. The maximum Gasteiger partial charge on any atom is 0.413 e. The normalized spacial score (nSPS) is 11.2. The molecule has 0 unspecified atom stereocenters. The van der Waals surface area contributed by atoms with E-state index in [1.807, 2.05) is 6.07 Å². The number of H-pyrrole nitrogens is 2. The largest absolute Gasteiger partial charge is 0.465 e. The maximum absolute atomic E-state index is 15.5. The molecule has 0 saturated carbocycles. The zero-order valence-electron chi connectivity index (χ0n) is 17.5. The number of aromatic nitrogens is 4. The molecule has 0 radical (unpaired) electrons. The number of anilines is 1. The van der Waals surface area contributed by atoms with Crippen LogP contribution in [0.25, 0.3) is 32.9 Å². The van der Waals surface area contributed by atoms with E-state index in [0.29, 0.717) is 44.2 Å². The molecule has 8 nitrogen and oxygen atoms in total. The monoisotopic (exact) mass is 443 g/mol. The van der Waals surface area contributed by atoms with Crippen LogP contribution in [-0.4, -0.2) is 38.4 Å². The second-order valence-electron chi connectivity index (χ2n) is 7.63. The average molecular weight is 443 g/mol. The van der Waals surface area contributed by atoms with Crippen LogP contribution in [0.3, 0.4) is 0 Å². The summed E-state index contributed by atoms with van der Waals surface area (Å²) in [5.41, 5.74) is 2.88. The average Bonchev–Trinajstić information content (AvgIpc) is 3.25. The Bertz CT molecular complexity index is 1590. The third-order valence-corrected chi connectivity index (χ3v) is 5.60. The van der Waals surface area contributed by atoms with Crippen molar-refractivity contribution in [3.05, 3.63) is 88.1 Å². The summed E-state index contributed by atoms with van der Waals surface area (Å²) in [7, 11) is 1.39. The van der Waals surface area contributed by atoms with E-state index in [0.717, 1.165) is 4.90 Å². The Balaban J connectivity index is 1.54. The smallest absolute Gasteiger partial charge is 0.413 e. The number of imidazole rings is 1. The molecule has 0 bridgehead atoms. The van der Waals surface area contributed by atoms with E-state index in [2.05, 4.69) is 20.2 Å². The van der Waals surface area contributed by atoms with Crippen LogP contribution in [0.1, 0.15) is 11.3 Å². The highest BCUT2D eigenvalue weighted by atomic mass is 19.1. The van der Waals surface area contributed by atoms with Crippen molar-refractivity contribution < 1.29 is 14.3 Å². The van der Waals surface area contributed by atoms with E-state index >= 15 is 4.39 Å². The molecule has 5 rings (SSSR count). The number of amides is 1. The number of nitrogens with zero attached hydrogens (tertiary/aromatic N) is 3. The van der Waals surface area contributed by atoms with Crippen LogP contribution >= 0.6 is 0 Å². The molecule has 0 aliphatic carbocycles. The van der Waals surface area contributed by atoms with Crippen LogP contribution in [0.2, 0.25) is 0 Å². The van der Waals surface area contributed by atoms with Gasteiger partial charge < -0.3 is 10.1 Å². The van der Waals surface area contributed by atoms with Gasteiger partial charge in [-0.15, -0.1) is 0 Å². The van der Waals surface area contributed by atoms with Gasteiger partial charge in [-0.2, -0.15) is 5.10 Å². The van der Waals surface area contributed by atoms with Crippen LogP contribution in [0, 0.1) is 5.82 Å². The van der Waals surface area contributed by atoms with Crippen LogP contribution in [0.15, 0.2) is 65.5 Å². The first-order valence-corrected chi connectivity index (χ1v) is 10.1. The van der Waals surface area contributed by atoms with Gasteiger partial charge in [-0.3, -0.25) is 9.69 Å². The fourth-order valence-corrected chi connectivity index (χ4v) is 3.84. The molecule has 0 spiro atoms. The summed E-state index contributed by atoms with van der Waals surface area (Å²) in [6.07, 6.45) is -0.939. The van der Waals surface area contributed by atoms with Gasteiger partial charge >= 0.3 is 6.09 Å². The fourth-order valence-electron chi connectivity index (χ4n) is 3.84. The minimum atomic E-state index is -1.14. The lowest BCUT2D eigenvalue weighted by Gasteiger charge is -2.10. The van der Waals surface area contributed by atoms with E-state index < -0.39 is 11.9 Å².